The van der Waals surface area contributed by atoms with Crippen LogP contribution in [-0.4, -0.2) is 25.0 Å². The van der Waals surface area contributed by atoms with Crippen LogP contribution in [0.5, 0.6) is 0 Å². The second-order valence-electron chi connectivity index (χ2n) is 5.51. The van der Waals surface area contributed by atoms with E-state index in [1.54, 1.807) is 12.1 Å². The first-order chi connectivity index (χ1) is 11.5. The lowest BCUT2D eigenvalue weighted by molar-refractivity contribution is -0.142. The van der Waals surface area contributed by atoms with Gasteiger partial charge < -0.3 is 4.74 Å². The van der Waals surface area contributed by atoms with E-state index in [-0.39, 0.29) is 5.91 Å². The van der Waals surface area contributed by atoms with Crippen molar-refractivity contribution < 1.29 is 14.3 Å². The van der Waals surface area contributed by atoms with Crippen molar-refractivity contribution in [3.63, 3.8) is 0 Å². The molecular weight excluding hydrogens is 349 g/mol. The van der Waals surface area contributed by atoms with E-state index in [1.165, 1.54) is 18.1 Å². The van der Waals surface area contributed by atoms with Gasteiger partial charge in [-0.1, -0.05) is 41.4 Å². The summed E-state index contributed by atoms with van der Waals surface area (Å²) in [5, 5.41) is 0.666. The fourth-order valence-corrected chi connectivity index (χ4v) is 3.22. The van der Waals surface area contributed by atoms with Crippen LogP contribution in [0.25, 0.3) is 0 Å². The summed E-state index contributed by atoms with van der Waals surface area (Å²) in [5.74, 6) is -0.742. The molecule has 0 N–H and O–H groups in total. The molecule has 0 saturated carbocycles. The van der Waals surface area contributed by atoms with Crippen LogP contribution >= 0.6 is 23.2 Å². The number of methoxy groups -OCH3 is 1. The van der Waals surface area contributed by atoms with Crippen LogP contribution in [0, 0.1) is 0 Å². The Labute approximate surface area is 149 Å². The van der Waals surface area contributed by atoms with Crippen molar-refractivity contribution >= 4 is 40.8 Å². The number of carbonyl (C=O) groups excluding carboxylic acids is 2. The van der Waals surface area contributed by atoms with Gasteiger partial charge in [-0.25, -0.2) is 4.79 Å². The number of nitrogens with zero attached hydrogens (tertiary/aromatic N) is 1. The van der Waals surface area contributed by atoms with Crippen LogP contribution in [0.3, 0.4) is 0 Å². The lowest BCUT2D eigenvalue weighted by Gasteiger charge is -2.35. The zero-order valence-corrected chi connectivity index (χ0v) is 14.5. The molecule has 0 spiro atoms. The van der Waals surface area contributed by atoms with Crippen molar-refractivity contribution in [2.45, 2.75) is 18.9 Å². The lowest BCUT2D eigenvalue weighted by atomic mass is 9.94. The van der Waals surface area contributed by atoms with Crippen LogP contribution in [0.2, 0.25) is 10.0 Å². The number of rotatable bonds is 2. The fraction of sp³-hybridized carbons (Fsp3) is 0.222. The number of para-hydroxylation sites is 1. The summed E-state index contributed by atoms with van der Waals surface area (Å²) in [5.41, 5.74) is 2.11. The minimum Gasteiger partial charge on any atom is -0.467 e. The van der Waals surface area contributed by atoms with Gasteiger partial charge in [0.25, 0.3) is 5.91 Å². The van der Waals surface area contributed by atoms with Crippen LogP contribution < -0.4 is 4.90 Å². The number of benzene rings is 2. The number of esters is 1. The molecule has 0 fully saturated rings. The van der Waals surface area contributed by atoms with E-state index in [0.29, 0.717) is 28.5 Å². The largest absolute Gasteiger partial charge is 0.467 e. The monoisotopic (exact) mass is 363 g/mol. The van der Waals surface area contributed by atoms with Crippen molar-refractivity contribution in [2.24, 2.45) is 0 Å². The third-order valence-electron chi connectivity index (χ3n) is 4.11. The zero-order valence-electron chi connectivity index (χ0n) is 13.0. The Morgan fingerprint density at radius 2 is 1.88 bits per heavy atom. The van der Waals surface area contributed by atoms with Crippen molar-refractivity contribution in [2.75, 3.05) is 12.0 Å². The number of ether oxygens (including phenoxy) is 1. The van der Waals surface area contributed by atoms with Crippen LogP contribution in [-0.2, 0) is 16.0 Å². The van der Waals surface area contributed by atoms with Gasteiger partial charge in [0.05, 0.1) is 17.2 Å². The van der Waals surface area contributed by atoms with Crippen LogP contribution in [0.1, 0.15) is 22.3 Å². The normalized spacial score (nSPS) is 16.5. The summed E-state index contributed by atoms with van der Waals surface area (Å²) < 4.78 is 4.88. The minimum atomic E-state index is -0.660. The molecule has 2 aromatic rings. The van der Waals surface area contributed by atoms with Gasteiger partial charge >= 0.3 is 5.97 Å². The summed E-state index contributed by atoms with van der Waals surface area (Å²) >= 11 is 12.0. The summed E-state index contributed by atoms with van der Waals surface area (Å²) in [6, 6.07) is 11.6. The van der Waals surface area contributed by atoms with Crippen molar-refractivity contribution in [1.29, 1.82) is 0 Å². The second kappa shape index (κ2) is 6.83. The molecule has 0 aromatic heterocycles. The highest BCUT2D eigenvalue weighted by Gasteiger charge is 2.36. The third kappa shape index (κ3) is 2.99. The Kier molecular flexibility index (Phi) is 4.78. The van der Waals surface area contributed by atoms with Crippen molar-refractivity contribution in [1.82, 2.24) is 0 Å². The van der Waals surface area contributed by atoms with E-state index in [0.717, 1.165) is 11.3 Å². The standard InChI is InChI=1S/C18H15Cl2NO3/c1-24-18(23)16-9-7-11-4-2-3-5-15(11)21(16)17(22)12-6-8-13(19)14(20)10-12/h2-6,8,10,16H,7,9H2,1H3/t16-/m1/s1. The fourth-order valence-electron chi connectivity index (χ4n) is 2.92. The molecule has 1 aliphatic rings. The van der Waals surface area contributed by atoms with Gasteiger partial charge in [-0.15, -0.1) is 0 Å². The molecular formula is C18H15Cl2NO3. The molecule has 0 saturated heterocycles. The number of aryl methyl sites for hydroxylation is 1. The number of amides is 1. The molecule has 3 rings (SSSR count). The van der Waals surface area contributed by atoms with Crippen LogP contribution in [0.15, 0.2) is 42.5 Å². The van der Waals surface area contributed by atoms with E-state index in [4.69, 9.17) is 27.9 Å². The quantitative estimate of drug-likeness (QED) is 0.753. The highest BCUT2D eigenvalue weighted by molar-refractivity contribution is 6.42. The SMILES string of the molecule is COC(=O)[C@H]1CCc2ccccc2N1C(=O)c1ccc(Cl)c(Cl)c1. The molecule has 1 heterocycles. The van der Waals surface area contributed by atoms with E-state index in [2.05, 4.69) is 0 Å². The smallest absolute Gasteiger partial charge is 0.328 e. The summed E-state index contributed by atoms with van der Waals surface area (Å²) in [7, 11) is 1.32. The Hall–Kier alpha value is -2.04. The molecule has 0 unspecified atom stereocenters. The maximum Gasteiger partial charge on any atom is 0.328 e. The highest BCUT2D eigenvalue weighted by atomic mass is 35.5. The molecule has 0 bridgehead atoms. The van der Waals surface area contributed by atoms with E-state index < -0.39 is 12.0 Å². The predicted octanol–water partition coefficient (Wildman–Crippen LogP) is 4.13. The molecule has 1 amide bonds. The Bertz CT molecular complexity index is 807. The van der Waals surface area contributed by atoms with Gasteiger partial charge in [0.2, 0.25) is 0 Å². The lowest BCUT2D eigenvalue weighted by Crippen LogP contribution is -2.48. The summed E-state index contributed by atoms with van der Waals surface area (Å²) in [6.45, 7) is 0. The van der Waals surface area contributed by atoms with Gasteiger partial charge in [0.15, 0.2) is 0 Å². The van der Waals surface area contributed by atoms with E-state index >= 15 is 0 Å². The Morgan fingerprint density at radius 1 is 1.12 bits per heavy atom. The second-order valence-corrected chi connectivity index (χ2v) is 6.32. The molecule has 6 heteroatoms. The Balaban J connectivity index is 2.07. The van der Waals surface area contributed by atoms with Gasteiger partial charge in [-0.3, -0.25) is 9.69 Å². The topological polar surface area (TPSA) is 46.6 Å². The molecule has 24 heavy (non-hydrogen) atoms. The number of halogens is 2. The number of anilines is 1. The molecule has 2 aromatic carbocycles. The van der Waals surface area contributed by atoms with E-state index in [1.807, 2.05) is 24.3 Å². The minimum absolute atomic E-state index is 0.294. The molecule has 124 valence electrons. The number of hydrogen-bond donors (Lipinski definition) is 0. The van der Waals surface area contributed by atoms with Crippen LogP contribution in [0.4, 0.5) is 5.69 Å². The third-order valence-corrected chi connectivity index (χ3v) is 4.85. The number of carbonyl (C=O) groups is 2. The van der Waals surface area contributed by atoms with Gasteiger partial charge in [0.1, 0.15) is 6.04 Å². The molecule has 0 radical (unpaired) electrons. The summed E-state index contributed by atoms with van der Waals surface area (Å²) in [4.78, 5) is 26.7. The van der Waals surface area contributed by atoms with Gasteiger partial charge in [-0.2, -0.15) is 0 Å². The maximum absolute atomic E-state index is 13.1. The first kappa shape index (κ1) is 16.8. The average Bonchev–Trinajstić information content (AvgIpc) is 2.61. The summed E-state index contributed by atoms with van der Waals surface area (Å²) in [6.07, 6.45) is 1.22. The number of fused-ring (bicyclic) bond motifs is 1. The number of hydrogen-bond acceptors (Lipinski definition) is 3. The first-order valence-corrected chi connectivity index (χ1v) is 8.23. The van der Waals surface area contributed by atoms with Gasteiger partial charge in [-0.05, 0) is 42.7 Å². The molecule has 1 aliphatic heterocycles. The van der Waals surface area contributed by atoms with Crippen molar-refractivity contribution in [3.8, 4) is 0 Å². The maximum atomic E-state index is 13.1. The van der Waals surface area contributed by atoms with Gasteiger partial charge in [0, 0.05) is 11.3 Å². The van der Waals surface area contributed by atoms with E-state index in [9.17, 15) is 9.59 Å². The highest BCUT2D eigenvalue weighted by Crippen LogP contribution is 2.33. The zero-order chi connectivity index (χ0) is 17.3. The molecule has 0 aliphatic carbocycles. The molecule has 1 atom stereocenters. The predicted molar refractivity (Wildman–Crippen MR) is 93.8 cm³/mol. The average molecular weight is 364 g/mol. The molecule has 4 nitrogen and oxygen atoms in total. The Morgan fingerprint density at radius 3 is 2.58 bits per heavy atom. The van der Waals surface area contributed by atoms with Crippen molar-refractivity contribution in [3.05, 3.63) is 63.6 Å². The first-order valence-electron chi connectivity index (χ1n) is 7.47.